The molecule has 2 rings (SSSR count). The van der Waals surface area contributed by atoms with E-state index in [1.54, 1.807) is 12.0 Å². The quantitative estimate of drug-likeness (QED) is 0.852. The lowest BCUT2D eigenvalue weighted by Gasteiger charge is -2.19. The van der Waals surface area contributed by atoms with Crippen molar-refractivity contribution in [2.45, 2.75) is 25.5 Å². The van der Waals surface area contributed by atoms with Crippen LogP contribution in [0, 0.1) is 6.92 Å². The summed E-state index contributed by atoms with van der Waals surface area (Å²) in [6.07, 6.45) is 0.426. The van der Waals surface area contributed by atoms with Crippen molar-refractivity contribution in [1.29, 1.82) is 0 Å². The van der Waals surface area contributed by atoms with Crippen molar-refractivity contribution in [1.82, 2.24) is 0 Å². The topological polar surface area (TPSA) is 46.6 Å². The van der Waals surface area contributed by atoms with Gasteiger partial charge in [-0.05, 0) is 30.7 Å². The number of methoxy groups -OCH3 is 1. The Morgan fingerprint density at radius 3 is 2.79 bits per heavy atom. The molecule has 5 heteroatoms. The van der Waals surface area contributed by atoms with E-state index in [1.807, 2.05) is 25.1 Å². The Kier molecular flexibility index (Phi) is 4.14. The number of thioether (sulfide) groups is 1. The number of benzene rings is 1. The van der Waals surface area contributed by atoms with Gasteiger partial charge in [0, 0.05) is 30.8 Å². The Labute approximate surface area is 117 Å². The van der Waals surface area contributed by atoms with Crippen LogP contribution in [0.15, 0.2) is 18.2 Å². The van der Waals surface area contributed by atoms with Crippen LogP contribution in [0.2, 0.25) is 0 Å². The molecule has 1 aromatic carbocycles. The summed E-state index contributed by atoms with van der Waals surface area (Å²) in [5.74, 6) is 0.856. The number of carbonyl (C=O) groups excluding carboxylic acids is 2. The van der Waals surface area contributed by atoms with E-state index < -0.39 is 0 Å². The van der Waals surface area contributed by atoms with Crippen molar-refractivity contribution in [3.63, 3.8) is 0 Å². The van der Waals surface area contributed by atoms with Crippen molar-refractivity contribution in [3.8, 4) is 5.75 Å². The SMILES string of the molecule is COc1ccc(N2CC(SC(C)=O)CC2=O)c(C)c1. The molecule has 0 N–H and O–H groups in total. The molecular formula is C14H17NO3S. The Morgan fingerprint density at radius 2 is 2.21 bits per heavy atom. The summed E-state index contributed by atoms with van der Waals surface area (Å²) in [6.45, 7) is 4.09. The molecule has 1 atom stereocenters. The van der Waals surface area contributed by atoms with Gasteiger partial charge in [-0.25, -0.2) is 0 Å². The van der Waals surface area contributed by atoms with Gasteiger partial charge in [0.2, 0.25) is 5.91 Å². The number of aryl methyl sites for hydroxylation is 1. The van der Waals surface area contributed by atoms with Crippen LogP contribution in [0.25, 0.3) is 0 Å². The number of hydrogen-bond donors (Lipinski definition) is 0. The van der Waals surface area contributed by atoms with Crippen LogP contribution >= 0.6 is 11.8 Å². The molecule has 0 radical (unpaired) electrons. The van der Waals surface area contributed by atoms with Crippen LogP contribution in [0.1, 0.15) is 18.9 Å². The van der Waals surface area contributed by atoms with Crippen LogP contribution in [-0.2, 0) is 9.59 Å². The van der Waals surface area contributed by atoms with E-state index in [4.69, 9.17) is 4.74 Å². The Hall–Kier alpha value is -1.49. The molecule has 0 aliphatic carbocycles. The smallest absolute Gasteiger partial charge is 0.228 e. The molecule has 0 spiro atoms. The zero-order chi connectivity index (χ0) is 14.0. The van der Waals surface area contributed by atoms with Crippen molar-refractivity contribution < 1.29 is 14.3 Å². The molecule has 1 amide bonds. The lowest BCUT2D eigenvalue weighted by molar-refractivity contribution is -0.117. The third-order valence-electron chi connectivity index (χ3n) is 3.12. The van der Waals surface area contributed by atoms with Gasteiger partial charge in [-0.3, -0.25) is 9.59 Å². The lowest BCUT2D eigenvalue weighted by atomic mass is 10.1. The van der Waals surface area contributed by atoms with Crippen LogP contribution in [-0.4, -0.2) is 29.9 Å². The number of nitrogens with zero attached hydrogens (tertiary/aromatic N) is 1. The molecule has 19 heavy (non-hydrogen) atoms. The van der Waals surface area contributed by atoms with Gasteiger partial charge in [-0.1, -0.05) is 11.8 Å². The third kappa shape index (κ3) is 3.10. The molecule has 0 bridgehead atoms. The van der Waals surface area contributed by atoms with Gasteiger partial charge in [-0.2, -0.15) is 0 Å². The number of ether oxygens (including phenoxy) is 1. The monoisotopic (exact) mass is 279 g/mol. The van der Waals surface area contributed by atoms with Crippen LogP contribution in [0.5, 0.6) is 5.75 Å². The van der Waals surface area contributed by atoms with E-state index in [9.17, 15) is 9.59 Å². The minimum absolute atomic E-state index is 0.0612. The molecule has 1 unspecified atom stereocenters. The highest BCUT2D eigenvalue weighted by molar-refractivity contribution is 8.14. The van der Waals surface area contributed by atoms with E-state index in [2.05, 4.69) is 0 Å². The fourth-order valence-corrected chi connectivity index (χ4v) is 3.20. The number of amides is 1. The molecule has 1 fully saturated rings. The number of carbonyl (C=O) groups is 2. The van der Waals surface area contributed by atoms with Gasteiger partial charge < -0.3 is 9.64 Å². The average Bonchev–Trinajstić information content (AvgIpc) is 2.69. The van der Waals surface area contributed by atoms with Crippen LogP contribution < -0.4 is 9.64 Å². The molecule has 1 aliphatic rings. The van der Waals surface area contributed by atoms with Gasteiger partial charge in [0.05, 0.1) is 7.11 Å². The average molecular weight is 279 g/mol. The molecule has 1 aliphatic heterocycles. The van der Waals surface area contributed by atoms with E-state index >= 15 is 0 Å². The number of rotatable bonds is 3. The van der Waals surface area contributed by atoms with Crippen molar-refractivity contribution in [3.05, 3.63) is 23.8 Å². The Bertz CT molecular complexity index is 515. The maximum atomic E-state index is 12.0. The lowest BCUT2D eigenvalue weighted by Crippen LogP contribution is -2.25. The second-order valence-corrected chi connectivity index (χ2v) is 6.07. The predicted octanol–water partition coefficient (Wildman–Crippen LogP) is 2.39. The zero-order valence-electron chi connectivity index (χ0n) is 11.3. The third-order valence-corrected chi connectivity index (χ3v) is 4.10. The van der Waals surface area contributed by atoms with Gasteiger partial charge in [-0.15, -0.1) is 0 Å². The van der Waals surface area contributed by atoms with Crippen LogP contribution in [0.4, 0.5) is 5.69 Å². The molecule has 0 saturated carbocycles. The molecule has 1 saturated heterocycles. The highest BCUT2D eigenvalue weighted by Gasteiger charge is 2.32. The normalized spacial score (nSPS) is 18.8. The number of anilines is 1. The van der Waals surface area contributed by atoms with Gasteiger partial charge in [0.25, 0.3) is 0 Å². The summed E-state index contributed by atoms with van der Waals surface area (Å²) in [7, 11) is 1.62. The second kappa shape index (κ2) is 5.65. The van der Waals surface area contributed by atoms with E-state index in [1.165, 1.54) is 18.7 Å². The fraction of sp³-hybridized carbons (Fsp3) is 0.429. The van der Waals surface area contributed by atoms with E-state index in [-0.39, 0.29) is 16.3 Å². The largest absolute Gasteiger partial charge is 0.497 e. The predicted molar refractivity (Wildman–Crippen MR) is 76.8 cm³/mol. The maximum Gasteiger partial charge on any atom is 0.228 e. The maximum absolute atomic E-state index is 12.0. The first-order valence-corrected chi connectivity index (χ1v) is 7.01. The standard InChI is InChI=1S/C14H17NO3S/c1-9-6-11(18-3)4-5-13(9)15-8-12(7-14(15)17)19-10(2)16/h4-6,12H,7-8H2,1-3H3. The van der Waals surface area contributed by atoms with Gasteiger partial charge >= 0.3 is 0 Å². The van der Waals surface area contributed by atoms with Crippen LogP contribution in [0.3, 0.4) is 0 Å². The summed E-state index contributed by atoms with van der Waals surface area (Å²) >= 11 is 1.25. The van der Waals surface area contributed by atoms with Crippen molar-refractivity contribution in [2.24, 2.45) is 0 Å². The second-order valence-electron chi connectivity index (χ2n) is 4.59. The number of hydrogen-bond acceptors (Lipinski definition) is 4. The summed E-state index contributed by atoms with van der Waals surface area (Å²) in [5.41, 5.74) is 1.90. The molecule has 4 nitrogen and oxygen atoms in total. The molecule has 0 aromatic heterocycles. The molecule has 102 valence electrons. The summed E-state index contributed by atoms with van der Waals surface area (Å²) < 4.78 is 5.16. The van der Waals surface area contributed by atoms with Crippen molar-refractivity contribution >= 4 is 28.5 Å². The van der Waals surface area contributed by atoms with E-state index in [0.29, 0.717) is 13.0 Å². The summed E-state index contributed by atoms with van der Waals surface area (Å²) in [4.78, 5) is 24.9. The summed E-state index contributed by atoms with van der Waals surface area (Å²) in [5, 5.41) is 0.123. The first-order chi connectivity index (χ1) is 9.01. The Morgan fingerprint density at radius 1 is 1.47 bits per heavy atom. The molecular weight excluding hydrogens is 262 g/mol. The minimum atomic E-state index is 0.0612. The fourth-order valence-electron chi connectivity index (χ4n) is 2.28. The van der Waals surface area contributed by atoms with Crippen molar-refractivity contribution in [2.75, 3.05) is 18.6 Å². The van der Waals surface area contributed by atoms with E-state index in [0.717, 1.165) is 17.0 Å². The van der Waals surface area contributed by atoms with Gasteiger partial charge in [0.1, 0.15) is 5.75 Å². The zero-order valence-corrected chi connectivity index (χ0v) is 12.1. The molecule has 1 aromatic rings. The van der Waals surface area contributed by atoms with Gasteiger partial charge in [0.15, 0.2) is 5.12 Å². The Balaban J connectivity index is 2.18. The first kappa shape index (κ1) is 13.9. The first-order valence-electron chi connectivity index (χ1n) is 6.13. The summed E-state index contributed by atoms with van der Waals surface area (Å²) in [6, 6.07) is 5.65. The molecule has 1 heterocycles. The minimum Gasteiger partial charge on any atom is -0.497 e. The highest BCUT2D eigenvalue weighted by atomic mass is 32.2. The highest BCUT2D eigenvalue weighted by Crippen LogP contribution is 2.32.